The molecule has 2 aromatic rings. The van der Waals surface area contributed by atoms with Gasteiger partial charge in [0.15, 0.2) is 0 Å². The number of carbonyl (C=O) groups is 1. The summed E-state index contributed by atoms with van der Waals surface area (Å²) in [7, 11) is 0. The number of hydrogen-bond donors (Lipinski definition) is 2. The van der Waals surface area contributed by atoms with E-state index in [1.165, 1.54) is 6.07 Å². The Hall–Kier alpha value is -1.88. The predicted octanol–water partition coefficient (Wildman–Crippen LogP) is 0.694. The molecule has 0 spiro atoms. The lowest BCUT2D eigenvalue weighted by Crippen LogP contribution is -2.26. The quantitative estimate of drug-likeness (QED) is 0.749. The predicted molar refractivity (Wildman–Crippen MR) is 53.1 cm³/mol. The zero-order valence-corrected chi connectivity index (χ0v) is 8.13. The average Bonchev–Trinajstić information content (AvgIpc) is 2.18. The number of rotatable bonds is 1. The molecule has 6 heteroatoms. The molecule has 15 heavy (non-hydrogen) atoms. The largest absolute Gasteiger partial charge is 0.472 e. The van der Waals surface area contributed by atoms with Gasteiger partial charge in [-0.25, -0.2) is 14.6 Å². The molecule has 0 fully saturated rings. The molecule has 0 aliphatic rings. The van der Waals surface area contributed by atoms with Crippen molar-refractivity contribution in [2.45, 2.75) is 0 Å². The van der Waals surface area contributed by atoms with E-state index in [-0.39, 0.29) is 5.82 Å². The van der Waals surface area contributed by atoms with Crippen LogP contribution in [-0.4, -0.2) is 16.1 Å². The summed E-state index contributed by atoms with van der Waals surface area (Å²) in [5.74, 6) is -1.47. The second kappa shape index (κ2) is 3.36. The van der Waals surface area contributed by atoms with Crippen molar-refractivity contribution in [2.24, 2.45) is 0 Å². The highest BCUT2D eigenvalue weighted by Gasteiger charge is 2.16. The number of carboxylic acids is 1. The minimum absolute atomic E-state index is 0.255. The smallest absolute Gasteiger partial charge is 0.419 e. The third kappa shape index (κ3) is 1.69. The molecule has 0 saturated heterocycles. The van der Waals surface area contributed by atoms with E-state index < -0.39 is 11.5 Å². The summed E-state index contributed by atoms with van der Waals surface area (Å²) in [5.41, 5.74) is -0.0517. The van der Waals surface area contributed by atoms with Crippen molar-refractivity contribution >= 4 is 28.5 Å². The number of aromatic carboxylic acids is 1. The van der Waals surface area contributed by atoms with Gasteiger partial charge in [-0.15, -0.1) is 0 Å². The fourth-order valence-corrected chi connectivity index (χ4v) is 1.44. The van der Waals surface area contributed by atoms with Crippen molar-refractivity contribution in [3.8, 4) is 0 Å². The number of aromatic amines is 2. The first-order chi connectivity index (χ1) is 7.08. The first-order valence-corrected chi connectivity index (χ1v) is 4.44. The van der Waals surface area contributed by atoms with Gasteiger partial charge in [-0.3, -0.25) is 0 Å². The van der Waals surface area contributed by atoms with Crippen molar-refractivity contribution in [1.82, 2.24) is 4.98 Å². The topological polar surface area (TPSA) is 84.3 Å². The lowest BCUT2D eigenvalue weighted by molar-refractivity contribution is -0.356. The molecule has 1 aromatic carbocycles. The Labute approximate surface area is 88.3 Å². The molecule has 3 N–H and O–H groups in total. The van der Waals surface area contributed by atoms with Crippen LogP contribution in [0.25, 0.3) is 10.9 Å². The molecule has 0 aliphatic carbocycles. The van der Waals surface area contributed by atoms with Gasteiger partial charge in [-0.05, 0) is 18.2 Å². The number of aromatic nitrogens is 2. The summed E-state index contributed by atoms with van der Waals surface area (Å²) in [6.07, 6.45) is 0. The minimum atomic E-state index is -1.22. The van der Waals surface area contributed by atoms with Crippen LogP contribution in [0.5, 0.6) is 0 Å². The molecule has 0 amide bonds. The van der Waals surface area contributed by atoms with Crippen LogP contribution in [0.15, 0.2) is 23.0 Å². The van der Waals surface area contributed by atoms with Crippen molar-refractivity contribution < 1.29 is 14.9 Å². The summed E-state index contributed by atoms with van der Waals surface area (Å²) in [6, 6.07) is 4.60. The van der Waals surface area contributed by atoms with Crippen molar-refractivity contribution in [2.75, 3.05) is 0 Å². The molecule has 0 aliphatic heterocycles. The van der Waals surface area contributed by atoms with E-state index in [0.29, 0.717) is 15.9 Å². The monoisotopic (exact) mass is 225 g/mol. The lowest BCUT2D eigenvalue weighted by atomic mass is 10.2. The summed E-state index contributed by atoms with van der Waals surface area (Å²) >= 11 is 5.71. The third-order valence-corrected chi connectivity index (χ3v) is 2.17. The van der Waals surface area contributed by atoms with Gasteiger partial charge in [0.25, 0.3) is 0 Å². The van der Waals surface area contributed by atoms with Crippen molar-refractivity contribution in [3.05, 3.63) is 39.4 Å². The van der Waals surface area contributed by atoms with Crippen LogP contribution < -0.4 is 10.5 Å². The average molecular weight is 226 g/mol. The molecule has 0 atom stereocenters. The van der Waals surface area contributed by atoms with Crippen LogP contribution in [0, 0.1) is 0 Å². The van der Waals surface area contributed by atoms with Crippen LogP contribution in [0.4, 0.5) is 0 Å². The fourth-order valence-electron chi connectivity index (χ4n) is 1.27. The van der Waals surface area contributed by atoms with Gasteiger partial charge in [0.05, 0.1) is 0 Å². The summed E-state index contributed by atoms with van der Waals surface area (Å²) in [4.78, 5) is 26.9. The van der Waals surface area contributed by atoms with E-state index in [0.717, 1.165) is 0 Å². The molecular formula is C9H6ClN2O3+. The summed E-state index contributed by atoms with van der Waals surface area (Å²) in [6.45, 7) is 0. The van der Waals surface area contributed by atoms with Crippen LogP contribution >= 0.6 is 11.6 Å². The Morgan fingerprint density at radius 2 is 2.20 bits per heavy atom. The minimum Gasteiger partial charge on any atom is -0.472 e. The van der Waals surface area contributed by atoms with Crippen molar-refractivity contribution in [1.29, 1.82) is 0 Å². The molecule has 5 nitrogen and oxygen atoms in total. The molecule has 0 radical (unpaired) electrons. The number of benzene rings is 1. The molecule has 2 rings (SSSR count). The molecule has 1 heterocycles. The van der Waals surface area contributed by atoms with E-state index in [1.54, 1.807) is 12.1 Å². The highest BCUT2D eigenvalue weighted by molar-refractivity contribution is 6.31. The Kier molecular flexibility index (Phi) is 2.17. The molecule has 0 unspecified atom stereocenters. The Morgan fingerprint density at radius 3 is 2.87 bits per heavy atom. The lowest BCUT2D eigenvalue weighted by Gasteiger charge is -1.94. The van der Waals surface area contributed by atoms with E-state index in [9.17, 15) is 9.59 Å². The number of carboxylic acid groups (broad SMARTS) is 1. The standard InChI is InChI=1S/C9H5ClN2O3/c10-4-1-2-6-5(3-4)8(13)12-7(11-6)9(14)15/h1-3H,(H,14,15)(H,11,12,13)/p+1. The first kappa shape index (κ1) is 9.67. The maximum absolute atomic E-state index is 11.5. The first-order valence-electron chi connectivity index (χ1n) is 4.06. The second-order valence-corrected chi connectivity index (χ2v) is 3.39. The maximum Gasteiger partial charge on any atom is 0.419 e. The summed E-state index contributed by atoms with van der Waals surface area (Å²) in [5, 5.41) is 9.44. The van der Waals surface area contributed by atoms with E-state index in [4.69, 9.17) is 16.7 Å². The van der Waals surface area contributed by atoms with Crippen LogP contribution in [0.2, 0.25) is 5.02 Å². The Balaban J connectivity index is 2.84. The van der Waals surface area contributed by atoms with Crippen LogP contribution in [0.1, 0.15) is 10.6 Å². The highest BCUT2D eigenvalue weighted by atomic mass is 35.5. The van der Waals surface area contributed by atoms with Crippen LogP contribution in [-0.2, 0) is 0 Å². The fraction of sp³-hybridized carbons (Fsp3) is 0. The van der Waals surface area contributed by atoms with Gasteiger partial charge in [0.1, 0.15) is 10.9 Å². The number of halogens is 1. The van der Waals surface area contributed by atoms with E-state index in [2.05, 4.69) is 9.97 Å². The van der Waals surface area contributed by atoms with Gasteiger partial charge >= 0.3 is 17.4 Å². The second-order valence-electron chi connectivity index (χ2n) is 2.95. The maximum atomic E-state index is 11.5. The SMILES string of the molecule is O=C(O)c1[nH]c(=O)c2cc(Cl)ccc2[nH+]1. The third-order valence-electron chi connectivity index (χ3n) is 1.94. The Morgan fingerprint density at radius 1 is 1.47 bits per heavy atom. The van der Waals surface area contributed by atoms with Gasteiger partial charge in [-0.2, -0.15) is 4.98 Å². The van der Waals surface area contributed by atoms with E-state index >= 15 is 0 Å². The molecule has 0 saturated carbocycles. The molecule has 0 bridgehead atoms. The zero-order valence-electron chi connectivity index (χ0n) is 7.37. The van der Waals surface area contributed by atoms with Gasteiger partial charge in [0, 0.05) is 5.02 Å². The van der Waals surface area contributed by atoms with Crippen molar-refractivity contribution in [3.63, 3.8) is 0 Å². The molecular weight excluding hydrogens is 220 g/mol. The van der Waals surface area contributed by atoms with E-state index in [1.807, 2.05) is 0 Å². The molecule has 76 valence electrons. The number of H-pyrrole nitrogens is 2. The Bertz CT molecular complexity index is 606. The number of hydrogen-bond acceptors (Lipinski definition) is 2. The normalized spacial score (nSPS) is 10.5. The zero-order chi connectivity index (χ0) is 11.0. The van der Waals surface area contributed by atoms with Crippen LogP contribution in [0.3, 0.4) is 0 Å². The highest BCUT2D eigenvalue weighted by Crippen LogP contribution is 2.12. The van der Waals surface area contributed by atoms with Gasteiger partial charge in [-0.1, -0.05) is 11.6 Å². The molecule has 1 aromatic heterocycles. The number of fused-ring (bicyclic) bond motifs is 1. The summed E-state index contributed by atoms with van der Waals surface area (Å²) < 4.78 is 0. The number of nitrogens with one attached hydrogen (secondary N) is 2. The van der Waals surface area contributed by atoms with Gasteiger partial charge < -0.3 is 5.11 Å². The van der Waals surface area contributed by atoms with Gasteiger partial charge in [0.2, 0.25) is 0 Å².